The molecule has 3 rings (SSSR count). The summed E-state index contributed by atoms with van der Waals surface area (Å²) >= 11 is 5.68. The van der Waals surface area contributed by atoms with Gasteiger partial charge in [-0.25, -0.2) is 0 Å². The Morgan fingerprint density at radius 3 is 2.50 bits per heavy atom. The van der Waals surface area contributed by atoms with Crippen LogP contribution in [0.1, 0.15) is 11.1 Å². The Hall–Kier alpha value is -2.90. The maximum absolute atomic E-state index is 12.7. The van der Waals surface area contributed by atoms with Crippen molar-refractivity contribution in [2.45, 2.75) is 13.5 Å². The van der Waals surface area contributed by atoms with Crippen LogP contribution in [0.3, 0.4) is 0 Å². The highest BCUT2D eigenvalue weighted by Crippen LogP contribution is 2.17. The van der Waals surface area contributed by atoms with Gasteiger partial charge < -0.3 is 24.8 Å². The van der Waals surface area contributed by atoms with Crippen molar-refractivity contribution in [2.24, 2.45) is 0 Å². The number of hydrogen-bond donors (Lipinski definition) is 2. The Bertz CT molecular complexity index is 1080. The van der Waals surface area contributed by atoms with Crippen molar-refractivity contribution >= 4 is 33.9 Å². The van der Waals surface area contributed by atoms with Gasteiger partial charge in [-0.3, -0.25) is 4.79 Å². The second-order valence-corrected chi connectivity index (χ2v) is 7.98. The van der Waals surface area contributed by atoms with Crippen molar-refractivity contribution in [3.8, 4) is 5.75 Å². The first-order valence-corrected chi connectivity index (χ1v) is 10.2. The van der Waals surface area contributed by atoms with Gasteiger partial charge in [-0.2, -0.15) is 0 Å². The first kappa shape index (κ1) is 21.8. The monoisotopic (exact) mass is 424 g/mol. The van der Waals surface area contributed by atoms with E-state index in [1.807, 2.05) is 74.4 Å². The molecule has 0 aliphatic heterocycles. The molecule has 3 aromatic rings. The number of benzene rings is 2. The molecule has 0 amide bonds. The topological polar surface area (TPSA) is 60.6 Å². The number of hydrogen-bond acceptors (Lipinski definition) is 4. The first-order valence-electron chi connectivity index (χ1n) is 9.83. The van der Waals surface area contributed by atoms with Crippen LogP contribution >= 0.6 is 12.2 Å². The predicted molar refractivity (Wildman–Crippen MR) is 127 cm³/mol. The number of nitrogens with one attached hydrogen (secondary N) is 2. The number of methoxy groups -OCH3 is 1. The molecule has 0 saturated heterocycles. The lowest BCUT2D eigenvalue weighted by Crippen LogP contribution is -2.40. The van der Waals surface area contributed by atoms with E-state index in [0.717, 1.165) is 34.4 Å². The molecule has 0 fully saturated rings. The third-order valence-corrected chi connectivity index (χ3v) is 5.25. The molecule has 0 saturated carbocycles. The molecule has 7 heteroatoms. The molecule has 2 N–H and O–H groups in total. The summed E-state index contributed by atoms with van der Waals surface area (Å²) in [5.74, 6) is 0.786. The van der Waals surface area contributed by atoms with Crippen molar-refractivity contribution in [3.63, 3.8) is 0 Å². The van der Waals surface area contributed by atoms with Crippen LogP contribution in [-0.4, -0.2) is 54.2 Å². The Morgan fingerprint density at radius 1 is 1.10 bits per heavy atom. The molecule has 0 bridgehead atoms. The average Bonchev–Trinajstić information content (AvgIpc) is 2.71. The number of aryl methyl sites for hydroxylation is 1. The van der Waals surface area contributed by atoms with E-state index in [-0.39, 0.29) is 5.56 Å². The molecular weight excluding hydrogens is 396 g/mol. The third kappa shape index (κ3) is 5.58. The van der Waals surface area contributed by atoms with Crippen LogP contribution in [0.5, 0.6) is 5.75 Å². The van der Waals surface area contributed by atoms with E-state index in [4.69, 9.17) is 17.0 Å². The van der Waals surface area contributed by atoms with Crippen molar-refractivity contribution in [1.82, 2.24) is 14.8 Å². The van der Waals surface area contributed by atoms with Gasteiger partial charge in [0.2, 0.25) is 0 Å². The fourth-order valence-electron chi connectivity index (χ4n) is 3.13. The van der Waals surface area contributed by atoms with E-state index in [1.165, 1.54) is 0 Å². The summed E-state index contributed by atoms with van der Waals surface area (Å²) in [7, 11) is 5.67. The minimum Gasteiger partial charge on any atom is -0.497 e. The zero-order chi connectivity index (χ0) is 21.7. The molecule has 1 heterocycles. The van der Waals surface area contributed by atoms with Gasteiger partial charge in [0.1, 0.15) is 5.75 Å². The quantitative estimate of drug-likeness (QED) is 0.565. The third-order valence-electron chi connectivity index (χ3n) is 4.89. The molecule has 0 spiro atoms. The van der Waals surface area contributed by atoms with Gasteiger partial charge in [-0.1, -0.05) is 12.1 Å². The van der Waals surface area contributed by atoms with Gasteiger partial charge in [0, 0.05) is 29.9 Å². The minimum atomic E-state index is -0.0878. The number of aromatic nitrogens is 1. The number of thiocarbonyl (C=S) groups is 1. The number of nitrogens with zero attached hydrogens (tertiary/aromatic N) is 2. The molecule has 1 aromatic heterocycles. The van der Waals surface area contributed by atoms with Crippen LogP contribution in [-0.2, 0) is 6.54 Å². The van der Waals surface area contributed by atoms with Crippen LogP contribution < -0.4 is 15.6 Å². The van der Waals surface area contributed by atoms with Crippen molar-refractivity contribution in [2.75, 3.05) is 39.6 Å². The first-order chi connectivity index (χ1) is 14.4. The van der Waals surface area contributed by atoms with Crippen LogP contribution in [0.25, 0.3) is 10.9 Å². The number of likely N-dealkylation sites (N-methyl/N-ethyl adjacent to an activating group) is 1. The molecule has 6 nitrogen and oxygen atoms in total. The lowest BCUT2D eigenvalue weighted by Gasteiger charge is -2.27. The Kier molecular flexibility index (Phi) is 7.07. The van der Waals surface area contributed by atoms with Crippen LogP contribution in [0.15, 0.2) is 53.3 Å². The molecule has 0 aliphatic carbocycles. The number of fused-ring (bicyclic) bond motifs is 1. The highest BCUT2D eigenvalue weighted by atomic mass is 32.1. The summed E-state index contributed by atoms with van der Waals surface area (Å²) in [4.78, 5) is 19.8. The average molecular weight is 425 g/mol. The smallest absolute Gasteiger partial charge is 0.253 e. The molecular formula is C23H28N4O2S. The zero-order valence-electron chi connectivity index (χ0n) is 17.9. The number of pyridine rings is 1. The minimum absolute atomic E-state index is 0.0878. The van der Waals surface area contributed by atoms with Gasteiger partial charge in [-0.05, 0) is 80.6 Å². The van der Waals surface area contributed by atoms with Crippen LogP contribution in [0, 0.1) is 6.92 Å². The summed E-state index contributed by atoms with van der Waals surface area (Å²) in [6, 6.07) is 15.6. The molecule has 2 aromatic carbocycles. The fraction of sp³-hybridized carbons (Fsp3) is 0.304. The van der Waals surface area contributed by atoms with Crippen molar-refractivity contribution < 1.29 is 4.74 Å². The summed E-state index contributed by atoms with van der Waals surface area (Å²) in [6.45, 7) is 3.95. The van der Waals surface area contributed by atoms with Gasteiger partial charge >= 0.3 is 0 Å². The van der Waals surface area contributed by atoms with E-state index in [1.54, 1.807) is 7.11 Å². The standard InChI is InChI=1S/C23H28N4O2S/c1-16-5-6-17-14-18(22(28)25-21(17)13-16)15-27(12-11-26(2)3)23(30)24-19-7-9-20(29-4)10-8-19/h5-10,13-14H,11-12,15H2,1-4H3,(H,24,30)(H,25,28). The van der Waals surface area contributed by atoms with E-state index < -0.39 is 0 Å². The van der Waals surface area contributed by atoms with Gasteiger partial charge in [0.05, 0.1) is 13.7 Å². The molecule has 30 heavy (non-hydrogen) atoms. The van der Waals surface area contributed by atoms with E-state index >= 15 is 0 Å². The van der Waals surface area contributed by atoms with Crippen molar-refractivity contribution in [3.05, 3.63) is 70.0 Å². The van der Waals surface area contributed by atoms with E-state index in [0.29, 0.717) is 23.8 Å². The predicted octanol–water partition coefficient (Wildman–Crippen LogP) is 3.61. The van der Waals surface area contributed by atoms with Crippen LogP contribution in [0.4, 0.5) is 5.69 Å². The van der Waals surface area contributed by atoms with E-state index in [9.17, 15) is 4.79 Å². The van der Waals surface area contributed by atoms with Crippen LogP contribution in [0.2, 0.25) is 0 Å². The number of aromatic amines is 1. The lowest BCUT2D eigenvalue weighted by molar-refractivity contribution is 0.327. The fourth-order valence-corrected chi connectivity index (χ4v) is 3.41. The van der Waals surface area contributed by atoms with Gasteiger partial charge in [-0.15, -0.1) is 0 Å². The zero-order valence-corrected chi connectivity index (χ0v) is 18.7. The Labute approximate surface area is 182 Å². The summed E-state index contributed by atoms with van der Waals surface area (Å²) in [5, 5.41) is 4.86. The highest BCUT2D eigenvalue weighted by Gasteiger charge is 2.14. The SMILES string of the molecule is COc1ccc(NC(=S)N(CCN(C)C)Cc2cc3ccc(C)cc3[nH]c2=O)cc1. The molecule has 0 unspecified atom stereocenters. The van der Waals surface area contributed by atoms with E-state index in [2.05, 4.69) is 15.2 Å². The lowest BCUT2D eigenvalue weighted by atomic mass is 10.1. The second kappa shape index (κ2) is 9.73. The summed E-state index contributed by atoms with van der Waals surface area (Å²) < 4.78 is 5.21. The summed E-state index contributed by atoms with van der Waals surface area (Å²) in [6.07, 6.45) is 0. The maximum atomic E-state index is 12.7. The number of ether oxygens (including phenoxy) is 1. The highest BCUT2D eigenvalue weighted by molar-refractivity contribution is 7.80. The number of anilines is 1. The molecule has 0 atom stereocenters. The van der Waals surface area contributed by atoms with Crippen molar-refractivity contribution in [1.29, 1.82) is 0 Å². The number of rotatable bonds is 7. The molecule has 0 radical (unpaired) electrons. The molecule has 0 aliphatic rings. The molecule has 158 valence electrons. The van der Waals surface area contributed by atoms with Gasteiger partial charge in [0.15, 0.2) is 5.11 Å². The maximum Gasteiger partial charge on any atom is 0.253 e. The number of H-pyrrole nitrogens is 1. The Morgan fingerprint density at radius 2 is 1.83 bits per heavy atom. The normalized spacial score (nSPS) is 11.0. The van der Waals surface area contributed by atoms with Gasteiger partial charge in [0.25, 0.3) is 5.56 Å². The Balaban J connectivity index is 1.83. The summed E-state index contributed by atoms with van der Waals surface area (Å²) in [5.41, 5.74) is 3.43. The largest absolute Gasteiger partial charge is 0.497 e. The second-order valence-electron chi connectivity index (χ2n) is 7.60.